The zero-order valence-electron chi connectivity index (χ0n) is 10.1. The largest absolute Gasteiger partial charge is 0.323 e. The second-order valence-corrected chi connectivity index (χ2v) is 3.73. The summed E-state index contributed by atoms with van der Waals surface area (Å²) < 4.78 is 1.62. The van der Waals surface area contributed by atoms with Gasteiger partial charge in [-0.3, -0.25) is 4.79 Å². The van der Waals surface area contributed by atoms with E-state index in [1.165, 1.54) is 0 Å². The van der Waals surface area contributed by atoms with Gasteiger partial charge in [0.25, 0.3) is 0 Å². The van der Waals surface area contributed by atoms with Crippen LogP contribution in [0.15, 0.2) is 36.8 Å². The molecule has 0 saturated heterocycles. The lowest BCUT2D eigenvalue weighted by Crippen LogP contribution is -2.19. The summed E-state index contributed by atoms with van der Waals surface area (Å²) in [4.78, 5) is 15.9. The van der Waals surface area contributed by atoms with Gasteiger partial charge in [0.2, 0.25) is 5.91 Å². The van der Waals surface area contributed by atoms with Crippen LogP contribution in [0.1, 0.15) is 6.42 Å². The SMILES string of the molecule is CNCCC(=O)Nc1cccnc1-n1cccn1. The predicted octanol–water partition coefficient (Wildman–Crippen LogP) is 0.815. The maximum absolute atomic E-state index is 11.7. The first-order valence-electron chi connectivity index (χ1n) is 5.71. The second-order valence-electron chi connectivity index (χ2n) is 3.73. The van der Waals surface area contributed by atoms with Gasteiger partial charge in [0.05, 0.1) is 5.69 Å². The molecule has 0 atom stereocenters. The monoisotopic (exact) mass is 245 g/mol. The molecule has 2 heterocycles. The molecule has 6 heteroatoms. The fraction of sp³-hybridized carbons (Fsp3) is 0.250. The maximum atomic E-state index is 11.7. The molecule has 0 fully saturated rings. The first kappa shape index (κ1) is 12.3. The van der Waals surface area contributed by atoms with Crippen molar-refractivity contribution in [3.63, 3.8) is 0 Å². The molecule has 94 valence electrons. The van der Waals surface area contributed by atoms with Crippen molar-refractivity contribution >= 4 is 11.6 Å². The van der Waals surface area contributed by atoms with Gasteiger partial charge < -0.3 is 10.6 Å². The zero-order valence-corrected chi connectivity index (χ0v) is 10.1. The van der Waals surface area contributed by atoms with Gasteiger partial charge >= 0.3 is 0 Å². The van der Waals surface area contributed by atoms with E-state index >= 15 is 0 Å². The van der Waals surface area contributed by atoms with Crippen molar-refractivity contribution in [3.8, 4) is 5.82 Å². The van der Waals surface area contributed by atoms with Crippen LogP contribution in [0.5, 0.6) is 0 Å². The molecule has 2 aromatic rings. The highest BCUT2D eigenvalue weighted by atomic mass is 16.1. The fourth-order valence-corrected chi connectivity index (χ4v) is 1.52. The number of anilines is 1. The van der Waals surface area contributed by atoms with Crippen molar-refractivity contribution in [1.82, 2.24) is 20.1 Å². The number of pyridine rings is 1. The van der Waals surface area contributed by atoms with E-state index in [1.54, 1.807) is 41.5 Å². The molecular weight excluding hydrogens is 230 g/mol. The standard InChI is InChI=1S/C12H15N5O/c1-13-8-5-11(18)16-10-4-2-6-14-12(10)17-9-3-7-15-17/h2-4,6-7,9,13H,5,8H2,1H3,(H,16,18). The Morgan fingerprint density at radius 3 is 3.00 bits per heavy atom. The topological polar surface area (TPSA) is 71.8 Å². The first-order valence-corrected chi connectivity index (χ1v) is 5.71. The molecule has 0 aliphatic carbocycles. The van der Waals surface area contributed by atoms with Gasteiger partial charge in [-0.1, -0.05) is 0 Å². The molecule has 0 radical (unpaired) electrons. The molecule has 2 aromatic heterocycles. The van der Waals surface area contributed by atoms with E-state index in [-0.39, 0.29) is 5.91 Å². The van der Waals surface area contributed by atoms with Gasteiger partial charge in [-0.25, -0.2) is 9.67 Å². The van der Waals surface area contributed by atoms with Gasteiger partial charge in [0.1, 0.15) is 0 Å². The summed E-state index contributed by atoms with van der Waals surface area (Å²) in [5.41, 5.74) is 0.655. The van der Waals surface area contributed by atoms with Gasteiger partial charge in [-0.05, 0) is 25.2 Å². The van der Waals surface area contributed by atoms with Crippen LogP contribution < -0.4 is 10.6 Å². The highest BCUT2D eigenvalue weighted by Crippen LogP contribution is 2.16. The summed E-state index contributed by atoms with van der Waals surface area (Å²) in [5.74, 6) is 0.561. The Morgan fingerprint density at radius 2 is 2.28 bits per heavy atom. The number of nitrogens with one attached hydrogen (secondary N) is 2. The van der Waals surface area contributed by atoms with Crippen LogP contribution in [-0.2, 0) is 4.79 Å². The average Bonchev–Trinajstić information content (AvgIpc) is 2.91. The van der Waals surface area contributed by atoms with Crippen LogP contribution >= 0.6 is 0 Å². The lowest BCUT2D eigenvalue weighted by Gasteiger charge is -2.09. The molecular formula is C12H15N5O. The number of carbonyl (C=O) groups excluding carboxylic acids is 1. The third-order valence-corrected chi connectivity index (χ3v) is 2.38. The van der Waals surface area contributed by atoms with Crippen molar-refractivity contribution in [2.24, 2.45) is 0 Å². The van der Waals surface area contributed by atoms with Crippen molar-refractivity contribution in [1.29, 1.82) is 0 Å². The van der Waals surface area contributed by atoms with Gasteiger partial charge in [0, 0.05) is 31.6 Å². The van der Waals surface area contributed by atoms with E-state index in [1.807, 2.05) is 7.05 Å². The number of rotatable bonds is 5. The highest BCUT2D eigenvalue weighted by molar-refractivity contribution is 5.92. The van der Waals surface area contributed by atoms with Crippen molar-refractivity contribution in [2.45, 2.75) is 6.42 Å². The Kier molecular flexibility index (Phi) is 4.03. The molecule has 0 bridgehead atoms. The minimum atomic E-state index is -0.0502. The number of hydrogen-bond acceptors (Lipinski definition) is 4. The molecule has 0 aliphatic heterocycles. The number of hydrogen-bond donors (Lipinski definition) is 2. The summed E-state index contributed by atoms with van der Waals surface area (Å²) in [6.45, 7) is 0.642. The van der Waals surface area contributed by atoms with Crippen molar-refractivity contribution in [3.05, 3.63) is 36.8 Å². The van der Waals surface area contributed by atoms with Gasteiger partial charge in [-0.2, -0.15) is 5.10 Å². The molecule has 1 amide bonds. The summed E-state index contributed by atoms with van der Waals surface area (Å²) in [6, 6.07) is 5.39. The minimum Gasteiger partial charge on any atom is -0.323 e. The van der Waals surface area contributed by atoms with Crippen LogP contribution in [-0.4, -0.2) is 34.3 Å². The molecule has 0 aliphatic rings. The van der Waals surface area contributed by atoms with Gasteiger partial charge in [0.15, 0.2) is 5.82 Å². The van der Waals surface area contributed by atoms with Crippen LogP contribution in [0.2, 0.25) is 0 Å². The van der Waals surface area contributed by atoms with E-state index in [0.29, 0.717) is 24.5 Å². The van der Waals surface area contributed by atoms with Crippen molar-refractivity contribution < 1.29 is 4.79 Å². The van der Waals surface area contributed by atoms with E-state index < -0.39 is 0 Å². The molecule has 0 unspecified atom stereocenters. The summed E-state index contributed by atoms with van der Waals surface area (Å²) in [7, 11) is 1.81. The van der Waals surface area contributed by atoms with E-state index in [2.05, 4.69) is 20.7 Å². The zero-order chi connectivity index (χ0) is 12.8. The highest BCUT2D eigenvalue weighted by Gasteiger charge is 2.08. The third-order valence-electron chi connectivity index (χ3n) is 2.38. The van der Waals surface area contributed by atoms with Crippen LogP contribution in [0, 0.1) is 0 Å². The number of carbonyl (C=O) groups is 1. The summed E-state index contributed by atoms with van der Waals surface area (Å²) in [6.07, 6.45) is 5.54. The predicted molar refractivity (Wildman–Crippen MR) is 68.5 cm³/mol. The number of aromatic nitrogens is 3. The normalized spacial score (nSPS) is 10.3. The molecule has 2 rings (SSSR count). The first-order chi connectivity index (χ1) is 8.81. The summed E-state index contributed by atoms with van der Waals surface area (Å²) in [5, 5.41) is 9.87. The summed E-state index contributed by atoms with van der Waals surface area (Å²) >= 11 is 0. The molecule has 0 aromatic carbocycles. The number of nitrogens with zero attached hydrogens (tertiary/aromatic N) is 3. The van der Waals surface area contributed by atoms with Gasteiger partial charge in [-0.15, -0.1) is 0 Å². The quantitative estimate of drug-likeness (QED) is 0.818. The Labute approximate surface area is 105 Å². The molecule has 0 saturated carbocycles. The Hall–Kier alpha value is -2.21. The van der Waals surface area contributed by atoms with Crippen LogP contribution in [0.25, 0.3) is 5.82 Å². The second kappa shape index (κ2) is 5.92. The molecule has 6 nitrogen and oxygen atoms in total. The Morgan fingerprint density at radius 1 is 1.39 bits per heavy atom. The third kappa shape index (κ3) is 2.92. The van der Waals surface area contributed by atoms with E-state index in [0.717, 1.165) is 0 Å². The minimum absolute atomic E-state index is 0.0502. The molecule has 18 heavy (non-hydrogen) atoms. The van der Waals surface area contributed by atoms with Crippen molar-refractivity contribution in [2.75, 3.05) is 18.9 Å². The van der Waals surface area contributed by atoms with E-state index in [4.69, 9.17) is 0 Å². The van der Waals surface area contributed by atoms with Crippen LogP contribution in [0.3, 0.4) is 0 Å². The maximum Gasteiger partial charge on any atom is 0.225 e. The smallest absolute Gasteiger partial charge is 0.225 e. The average molecular weight is 245 g/mol. The van der Waals surface area contributed by atoms with Crippen LogP contribution in [0.4, 0.5) is 5.69 Å². The fourth-order valence-electron chi connectivity index (χ4n) is 1.52. The Balaban J connectivity index is 2.16. The lowest BCUT2D eigenvalue weighted by atomic mass is 10.3. The number of amides is 1. The Bertz CT molecular complexity index is 509. The lowest BCUT2D eigenvalue weighted by molar-refractivity contribution is -0.116. The molecule has 0 spiro atoms. The molecule has 2 N–H and O–H groups in total. The van der Waals surface area contributed by atoms with E-state index in [9.17, 15) is 4.79 Å².